The summed E-state index contributed by atoms with van der Waals surface area (Å²) in [5.41, 5.74) is 2.45. The first-order chi connectivity index (χ1) is 7.85. The van der Waals surface area contributed by atoms with Crippen molar-refractivity contribution in [3.8, 4) is 0 Å². The lowest BCUT2D eigenvalue weighted by Crippen LogP contribution is -2.08. The molecule has 0 N–H and O–H groups in total. The molecule has 0 saturated heterocycles. The molecule has 0 aliphatic heterocycles. The second-order valence-corrected chi connectivity index (χ2v) is 7.41. The fourth-order valence-corrected chi connectivity index (χ4v) is 4.16. The molecule has 0 heterocycles. The molecule has 1 atom stereocenters. The van der Waals surface area contributed by atoms with E-state index in [0.717, 1.165) is 6.54 Å². The van der Waals surface area contributed by atoms with E-state index in [9.17, 15) is 0 Å². The number of aliphatic imine (C=N–C) groups is 1. The van der Waals surface area contributed by atoms with Crippen molar-refractivity contribution in [1.82, 2.24) is 0 Å². The fourth-order valence-electron chi connectivity index (χ4n) is 1.87. The third-order valence-corrected chi connectivity index (χ3v) is 5.87. The molecule has 1 nitrogen and oxygen atoms in total. The molecule has 0 rings (SSSR count). The first-order valence-electron chi connectivity index (χ1n) is 6.96. The Morgan fingerprint density at radius 2 is 1.88 bits per heavy atom. The van der Waals surface area contributed by atoms with Crippen LogP contribution in [0.15, 0.2) is 16.8 Å². The summed E-state index contributed by atoms with van der Waals surface area (Å²) in [6.45, 7) is 7.72. The van der Waals surface area contributed by atoms with Crippen LogP contribution in [0.4, 0.5) is 0 Å². The van der Waals surface area contributed by atoms with Crippen LogP contribution in [0.25, 0.3) is 0 Å². The molecule has 0 aromatic carbocycles. The van der Waals surface area contributed by atoms with E-state index in [-0.39, 0.29) is 0 Å². The summed E-state index contributed by atoms with van der Waals surface area (Å²) in [5.74, 6) is 0. The predicted octanol–water partition coefficient (Wildman–Crippen LogP) is 4.39. The van der Waals surface area contributed by atoms with Crippen molar-refractivity contribution in [3.05, 3.63) is 11.8 Å². The van der Waals surface area contributed by atoms with E-state index in [0.29, 0.717) is 0 Å². The first kappa shape index (κ1) is 15.6. The smallest absolute Gasteiger partial charge is 0.0663 e. The Morgan fingerprint density at radius 1 is 1.06 bits per heavy atom. The SMILES string of the molecule is CC=C[SiH](CC=NCCCCCC)CCC. The van der Waals surface area contributed by atoms with Crippen molar-refractivity contribution in [2.45, 2.75) is 65.0 Å². The summed E-state index contributed by atoms with van der Waals surface area (Å²) < 4.78 is 0. The van der Waals surface area contributed by atoms with Gasteiger partial charge in [0.2, 0.25) is 0 Å². The second kappa shape index (κ2) is 12.7. The van der Waals surface area contributed by atoms with E-state index in [1.807, 2.05) is 0 Å². The van der Waals surface area contributed by atoms with Crippen LogP contribution in [0, 0.1) is 0 Å². The molecule has 2 heteroatoms. The molecular formula is C14H29NSi. The van der Waals surface area contributed by atoms with Gasteiger partial charge in [0.1, 0.15) is 0 Å². The van der Waals surface area contributed by atoms with Crippen LogP contribution < -0.4 is 0 Å². The lowest BCUT2D eigenvalue weighted by Gasteiger charge is -2.05. The average Bonchev–Trinajstić information content (AvgIpc) is 2.28. The van der Waals surface area contributed by atoms with Gasteiger partial charge in [0.25, 0.3) is 0 Å². The topological polar surface area (TPSA) is 12.4 Å². The molecule has 0 bridgehead atoms. The van der Waals surface area contributed by atoms with Gasteiger partial charge in [-0.25, -0.2) is 0 Å². The van der Waals surface area contributed by atoms with Crippen LogP contribution >= 0.6 is 0 Å². The van der Waals surface area contributed by atoms with Gasteiger partial charge in [0, 0.05) is 6.54 Å². The Morgan fingerprint density at radius 3 is 2.50 bits per heavy atom. The largest absolute Gasteiger partial charge is 0.298 e. The summed E-state index contributed by atoms with van der Waals surface area (Å²) in [4.78, 5) is 4.52. The van der Waals surface area contributed by atoms with Gasteiger partial charge in [-0.2, -0.15) is 0 Å². The van der Waals surface area contributed by atoms with E-state index < -0.39 is 8.80 Å². The highest BCUT2D eigenvalue weighted by molar-refractivity contribution is 6.66. The molecule has 0 aromatic rings. The van der Waals surface area contributed by atoms with Crippen LogP contribution in [0.5, 0.6) is 0 Å². The molecule has 0 aliphatic carbocycles. The molecule has 0 fully saturated rings. The second-order valence-electron chi connectivity index (χ2n) is 4.46. The van der Waals surface area contributed by atoms with Gasteiger partial charge in [-0.3, -0.25) is 4.99 Å². The van der Waals surface area contributed by atoms with Gasteiger partial charge in [-0.05, 0) is 25.6 Å². The Bertz CT molecular complexity index is 187. The Hall–Kier alpha value is -0.373. The van der Waals surface area contributed by atoms with E-state index >= 15 is 0 Å². The highest BCUT2D eigenvalue weighted by Gasteiger charge is 2.02. The maximum absolute atomic E-state index is 4.52. The zero-order chi connectivity index (χ0) is 12.1. The van der Waals surface area contributed by atoms with Gasteiger partial charge in [-0.1, -0.05) is 51.7 Å². The van der Waals surface area contributed by atoms with Crippen LogP contribution in [0.2, 0.25) is 12.1 Å². The summed E-state index contributed by atoms with van der Waals surface area (Å²) in [7, 11) is -0.629. The van der Waals surface area contributed by atoms with E-state index in [2.05, 4.69) is 43.8 Å². The average molecular weight is 239 g/mol. The van der Waals surface area contributed by atoms with Crippen LogP contribution in [-0.4, -0.2) is 21.6 Å². The lowest BCUT2D eigenvalue weighted by atomic mass is 10.2. The maximum Gasteiger partial charge on any atom is 0.0663 e. The molecule has 1 unspecified atom stereocenters. The number of rotatable bonds is 10. The third-order valence-electron chi connectivity index (χ3n) is 2.80. The molecule has 0 saturated carbocycles. The highest BCUT2D eigenvalue weighted by Crippen LogP contribution is 2.03. The molecule has 0 amide bonds. The summed E-state index contributed by atoms with van der Waals surface area (Å²) >= 11 is 0. The number of allylic oxidation sites excluding steroid dienone is 1. The van der Waals surface area contributed by atoms with Crippen molar-refractivity contribution >= 4 is 15.0 Å². The fraction of sp³-hybridized carbons (Fsp3) is 0.786. The van der Waals surface area contributed by atoms with Gasteiger partial charge >= 0.3 is 0 Å². The Kier molecular flexibility index (Phi) is 12.4. The standard InChI is InChI=1S/C14H29NSi/c1-4-7-8-9-10-15-11-14-16(12-5-2)13-6-3/h5,11-12,16H,4,6-10,13-14H2,1-3H3. The molecule has 0 aromatic heterocycles. The van der Waals surface area contributed by atoms with E-state index in [1.165, 1.54) is 44.2 Å². The summed E-state index contributed by atoms with van der Waals surface area (Å²) in [5, 5.41) is 0. The van der Waals surface area contributed by atoms with Crippen molar-refractivity contribution in [3.63, 3.8) is 0 Å². The number of unbranched alkanes of at least 4 members (excludes halogenated alkanes) is 3. The molecule has 94 valence electrons. The molecular weight excluding hydrogens is 210 g/mol. The molecule has 0 aliphatic rings. The maximum atomic E-state index is 4.52. The van der Waals surface area contributed by atoms with Crippen LogP contribution in [-0.2, 0) is 0 Å². The van der Waals surface area contributed by atoms with Crippen molar-refractivity contribution < 1.29 is 0 Å². The van der Waals surface area contributed by atoms with Crippen molar-refractivity contribution in [2.24, 2.45) is 4.99 Å². The van der Waals surface area contributed by atoms with Gasteiger partial charge in [0.15, 0.2) is 0 Å². The van der Waals surface area contributed by atoms with Gasteiger partial charge in [-0.15, -0.1) is 5.70 Å². The van der Waals surface area contributed by atoms with E-state index in [4.69, 9.17) is 0 Å². The number of hydrogen-bond donors (Lipinski definition) is 0. The van der Waals surface area contributed by atoms with Crippen molar-refractivity contribution in [1.29, 1.82) is 0 Å². The first-order valence-corrected chi connectivity index (χ1v) is 9.26. The highest BCUT2D eigenvalue weighted by atomic mass is 28.3. The monoisotopic (exact) mass is 239 g/mol. The predicted molar refractivity (Wildman–Crippen MR) is 79.4 cm³/mol. The Labute approximate surface area is 104 Å². The normalized spacial score (nSPS) is 13.9. The summed E-state index contributed by atoms with van der Waals surface area (Å²) in [6.07, 6.45) is 11.0. The number of hydrogen-bond acceptors (Lipinski definition) is 1. The molecule has 16 heavy (non-hydrogen) atoms. The minimum Gasteiger partial charge on any atom is -0.298 e. The third kappa shape index (κ3) is 10.2. The molecule has 0 spiro atoms. The Balaban J connectivity index is 3.54. The van der Waals surface area contributed by atoms with Crippen LogP contribution in [0.1, 0.15) is 52.9 Å². The zero-order valence-electron chi connectivity index (χ0n) is 11.4. The van der Waals surface area contributed by atoms with Gasteiger partial charge < -0.3 is 0 Å². The minimum absolute atomic E-state index is 0.629. The lowest BCUT2D eigenvalue weighted by molar-refractivity contribution is 0.676. The van der Waals surface area contributed by atoms with E-state index in [1.54, 1.807) is 0 Å². The number of nitrogens with zero attached hydrogens (tertiary/aromatic N) is 1. The van der Waals surface area contributed by atoms with Crippen LogP contribution in [0.3, 0.4) is 0 Å². The quantitative estimate of drug-likeness (QED) is 0.304. The summed E-state index contributed by atoms with van der Waals surface area (Å²) in [6, 6.07) is 2.68. The minimum atomic E-state index is -0.629. The van der Waals surface area contributed by atoms with Gasteiger partial charge in [0.05, 0.1) is 8.80 Å². The zero-order valence-corrected chi connectivity index (χ0v) is 12.6. The van der Waals surface area contributed by atoms with Crippen molar-refractivity contribution in [2.75, 3.05) is 6.54 Å². The molecule has 0 radical (unpaired) electrons.